The maximum Gasteiger partial charge on any atom is 0.255 e. The van der Waals surface area contributed by atoms with E-state index >= 15 is 0 Å². The standard InChI is InChI=1S/C13H15BrN4O/c14-11-3-1-2-9(11)6-16-13(19)10-7-17-18-5-4-15-8-12(10)18/h4-5,7-9,11H,1-3,6H2,(H,16,19). The lowest BCUT2D eigenvalue weighted by molar-refractivity contribution is 0.0949. The molecule has 1 aliphatic carbocycles. The summed E-state index contributed by atoms with van der Waals surface area (Å²) in [6.45, 7) is 0.715. The van der Waals surface area contributed by atoms with E-state index in [1.165, 1.54) is 19.3 Å². The summed E-state index contributed by atoms with van der Waals surface area (Å²) in [7, 11) is 0. The lowest BCUT2D eigenvalue weighted by Crippen LogP contribution is -2.30. The van der Waals surface area contributed by atoms with E-state index in [1.807, 2.05) is 0 Å². The molecule has 100 valence electrons. The number of hydrogen-bond acceptors (Lipinski definition) is 3. The van der Waals surface area contributed by atoms with Crippen LogP contribution >= 0.6 is 15.9 Å². The number of hydrogen-bond donors (Lipinski definition) is 1. The van der Waals surface area contributed by atoms with Crippen molar-refractivity contribution in [2.75, 3.05) is 6.54 Å². The Kier molecular flexibility index (Phi) is 3.50. The number of aromatic nitrogens is 3. The van der Waals surface area contributed by atoms with Gasteiger partial charge in [0.1, 0.15) is 0 Å². The first-order valence-corrected chi connectivity index (χ1v) is 7.37. The minimum absolute atomic E-state index is 0.0744. The van der Waals surface area contributed by atoms with Crippen molar-refractivity contribution >= 4 is 27.4 Å². The van der Waals surface area contributed by atoms with Crippen molar-refractivity contribution in [3.63, 3.8) is 0 Å². The van der Waals surface area contributed by atoms with Crippen LogP contribution in [0.25, 0.3) is 5.52 Å². The summed E-state index contributed by atoms with van der Waals surface area (Å²) >= 11 is 3.67. The molecule has 1 saturated carbocycles. The Morgan fingerprint density at radius 2 is 2.37 bits per heavy atom. The molecule has 0 spiro atoms. The van der Waals surface area contributed by atoms with Gasteiger partial charge in [0.2, 0.25) is 0 Å². The Balaban J connectivity index is 1.70. The third-order valence-corrected chi connectivity index (χ3v) is 4.87. The molecule has 0 bridgehead atoms. The second-order valence-corrected chi connectivity index (χ2v) is 6.06. The molecule has 6 heteroatoms. The van der Waals surface area contributed by atoms with Gasteiger partial charge in [0.25, 0.3) is 5.91 Å². The maximum absolute atomic E-state index is 12.2. The summed E-state index contributed by atoms with van der Waals surface area (Å²) in [4.78, 5) is 16.7. The number of fused-ring (bicyclic) bond motifs is 1. The molecule has 2 atom stereocenters. The highest BCUT2D eigenvalue weighted by molar-refractivity contribution is 9.09. The van der Waals surface area contributed by atoms with Crippen LogP contribution in [-0.2, 0) is 0 Å². The smallest absolute Gasteiger partial charge is 0.255 e. The van der Waals surface area contributed by atoms with Crippen LogP contribution in [0.4, 0.5) is 0 Å². The van der Waals surface area contributed by atoms with Gasteiger partial charge < -0.3 is 5.32 Å². The predicted molar refractivity (Wildman–Crippen MR) is 75.4 cm³/mol. The van der Waals surface area contributed by atoms with Crippen molar-refractivity contribution in [1.29, 1.82) is 0 Å². The van der Waals surface area contributed by atoms with Crippen molar-refractivity contribution in [2.24, 2.45) is 5.92 Å². The van der Waals surface area contributed by atoms with Crippen LogP contribution in [-0.4, -0.2) is 31.9 Å². The first-order valence-electron chi connectivity index (χ1n) is 6.45. The molecule has 2 aromatic rings. The van der Waals surface area contributed by atoms with Crippen LogP contribution in [0, 0.1) is 5.92 Å². The molecular formula is C13H15BrN4O. The molecule has 3 rings (SSSR count). The lowest BCUT2D eigenvalue weighted by atomic mass is 10.1. The molecule has 1 amide bonds. The van der Waals surface area contributed by atoms with E-state index in [1.54, 1.807) is 29.3 Å². The van der Waals surface area contributed by atoms with Crippen LogP contribution in [0.3, 0.4) is 0 Å². The monoisotopic (exact) mass is 322 g/mol. The number of alkyl halides is 1. The van der Waals surface area contributed by atoms with E-state index in [0.717, 1.165) is 5.52 Å². The normalized spacial score (nSPS) is 22.8. The fraction of sp³-hybridized carbons (Fsp3) is 0.462. The fourth-order valence-corrected chi connectivity index (χ4v) is 3.32. The minimum atomic E-state index is -0.0744. The Morgan fingerprint density at radius 3 is 3.16 bits per heavy atom. The van der Waals surface area contributed by atoms with Crippen molar-refractivity contribution in [3.05, 3.63) is 30.4 Å². The summed E-state index contributed by atoms with van der Waals surface area (Å²) in [6.07, 6.45) is 10.2. The average Bonchev–Trinajstić information content (AvgIpc) is 3.02. The van der Waals surface area contributed by atoms with Gasteiger partial charge >= 0.3 is 0 Å². The Morgan fingerprint density at radius 1 is 1.47 bits per heavy atom. The van der Waals surface area contributed by atoms with Gasteiger partial charge in [-0.25, -0.2) is 4.52 Å². The lowest BCUT2D eigenvalue weighted by Gasteiger charge is -2.14. The van der Waals surface area contributed by atoms with Gasteiger partial charge in [-0.2, -0.15) is 5.10 Å². The zero-order chi connectivity index (χ0) is 13.2. The topological polar surface area (TPSA) is 59.3 Å². The van der Waals surface area contributed by atoms with E-state index in [-0.39, 0.29) is 5.91 Å². The second-order valence-electron chi connectivity index (χ2n) is 4.88. The van der Waals surface area contributed by atoms with Crippen LogP contribution in [0.5, 0.6) is 0 Å². The molecule has 0 aromatic carbocycles. The van der Waals surface area contributed by atoms with Gasteiger partial charge in [0.15, 0.2) is 0 Å². The largest absolute Gasteiger partial charge is 0.352 e. The summed E-state index contributed by atoms with van der Waals surface area (Å²) in [5, 5.41) is 7.14. The second kappa shape index (κ2) is 5.28. The van der Waals surface area contributed by atoms with Gasteiger partial charge in [0.05, 0.1) is 23.5 Å². The molecule has 2 unspecified atom stereocenters. The highest BCUT2D eigenvalue weighted by atomic mass is 79.9. The Hall–Kier alpha value is -1.43. The van der Waals surface area contributed by atoms with E-state index in [0.29, 0.717) is 22.9 Å². The molecule has 0 aliphatic heterocycles. The summed E-state index contributed by atoms with van der Waals surface area (Å²) in [5.74, 6) is 0.457. The molecular weight excluding hydrogens is 308 g/mol. The van der Waals surface area contributed by atoms with Gasteiger partial charge in [-0.05, 0) is 18.8 Å². The predicted octanol–water partition coefficient (Wildman–Crippen LogP) is 2.02. The van der Waals surface area contributed by atoms with Gasteiger partial charge in [-0.3, -0.25) is 9.78 Å². The molecule has 1 N–H and O–H groups in total. The van der Waals surface area contributed by atoms with E-state index in [4.69, 9.17) is 0 Å². The molecule has 1 fully saturated rings. The Labute approximate surface area is 119 Å². The highest BCUT2D eigenvalue weighted by Crippen LogP contribution is 2.30. The van der Waals surface area contributed by atoms with Crippen LogP contribution < -0.4 is 5.32 Å². The number of nitrogens with one attached hydrogen (secondary N) is 1. The number of amides is 1. The summed E-state index contributed by atoms with van der Waals surface area (Å²) < 4.78 is 1.66. The van der Waals surface area contributed by atoms with Crippen LogP contribution in [0.2, 0.25) is 0 Å². The van der Waals surface area contributed by atoms with E-state index in [2.05, 4.69) is 31.3 Å². The first-order chi connectivity index (χ1) is 9.25. The number of nitrogens with zero attached hydrogens (tertiary/aromatic N) is 3. The summed E-state index contributed by atoms with van der Waals surface area (Å²) in [5.41, 5.74) is 1.32. The van der Waals surface area contributed by atoms with Gasteiger partial charge in [-0.1, -0.05) is 22.4 Å². The third-order valence-electron chi connectivity index (χ3n) is 3.66. The van der Waals surface area contributed by atoms with Gasteiger partial charge in [-0.15, -0.1) is 0 Å². The first kappa shape index (κ1) is 12.6. The van der Waals surface area contributed by atoms with Crippen molar-refractivity contribution in [1.82, 2.24) is 19.9 Å². The average molecular weight is 323 g/mol. The maximum atomic E-state index is 12.2. The molecule has 0 saturated heterocycles. The minimum Gasteiger partial charge on any atom is -0.352 e. The SMILES string of the molecule is O=C(NCC1CCCC1Br)c1cnn2ccncc12. The van der Waals surface area contributed by atoms with Crippen molar-refractivity contribution < 1.29 is 4.79 Å². The van der Waals surface area contributed by atoms with Crippen LogP contribution in [0.1, 0.15) is 29.6 Å². The van der Waals surface area contributed by atoms with E-state index < -0.39 is 0 Å². The molecule has 0 radical (unpaired) electrons. The van der Waals surface area contributed by atoms with Crippen molar-refractivity contribution in [2.45, 2.75) is 24.1 Å². The molecule has 2 heterocycles. The molecule has 19 heavy (non-hydrogen) atoms. The molecule has 2 aromatic heterocycles. The van der Waals surface area contributed by atoms with Gasteiger partial charge in [0, 0.05) is 23.8 Å². The summed E-state index contributed by atoms with van der Waals surface area (Å²) in [6, 6.07) is 0. The number of rotatable bonds is 3. The third kappa shape index (κ3) is 2.49. The fourth-order valence-electron chi connectivity index (χ4n) is 2.55. The Bertz CT molecular complexity index is 597. The zero-order valence-corrected chi connectivity index (χ0v) is 12.0. The molecule has 5 nitrogen and oxygen atoms in total. The highest BCUT2D eigenvalue weighted by Gasteiger charge is 2.25. The quantitative estimate of drug-likeness (QED) is 0.879. The van der Waals surface area contributed by atoms with Crippen molar-refractivity contribution in [3.8, 4) is 0 Å². The van der Waals surface area contributed by atoms with Crippen LogP contribution in [0.15, 0.2) is 24.8 Å². The number of carbonyl (C=O) groups is 1. The molecule has 1 aliphatic rings. The van der Waals surface area contributed by atoms with E-state index in [9.17, 15) is 4.79 Å². The number of halogens is 1. The number of carbonyl (C=O) groups excluding carboxylic acids is 1. The zero-order valence-electron chi connectivity index (χ0n) is 10.4.